The number of hydrogen-bond acceptors (Lipinski definition) is 3. The highest BCUT2D eigenvalue weighted by Crippen LogP contribution is 2.12. The molecule has 0 aliphatic rings. The molecule has 1 aromatic rings. The predicted molar refractivity (Wildman–Crippen MR) is 64.3 cm³/mol. The summed E-state index contributed by atoms with van der Waals surface area (Å²) in [5, 5.41) is 9.15. The summed E-state index contributed by atoms with van der Waals surface area (Å²) in [7, 11) is 0. The van der Waals surface area contributed by atoms with E-state index in [1.807, 2.05) is 20.8 Å². The largest absolute Gasteiger partial charge is 0.508 e. The van der Waals surface area contributed by atoms with Gasteiger partial charge in [0.2, 0.25) is 0 Å². The molecule has 0 saturated carbocycles. The van der Waals surface area contributed by atoms with Crippen LogP contribution in [0.3, 0.4) is 0 Å². The number of rotatable bonds is 3. The SMILES string of the molecule is CC(C)(C)OC(=O)[C@H]([NH3+])Cc1ccc(O)cc1. The van der Waals surface area contributed by atoms with Crippen LogP contribution in [0.5, 0.6) is 5.75 Å². The summed E-state index contributed by atoms with van der Waals surface area (Å²) in [5.41, 5.74) is 4.27. The van der Waals surface area contributed by atoms with Gasteiger partial charge in [0.15, 0.2) is 6.04 Å². The molecule has 0 bridgehead atoms. The van der Waals surface area contributed by atoms with Crippen LogP contribution in [-0.4, -0.2) is 22.7 Å². The molecule has 0 spiro atoms. The Bertz CT molecular complexity index is 379. The fourth-order valence-electron chi connectivity index (χ4n) is 1.38. The topological polar surface area (TPSA) is 74.2 Å². The Morgan fingerprint density at radius 1 is 1.35 bits per heavy atom. The lowest BCUT2D eigenvalue weighted by Crippen LogP contribution is -2.66. The maximum atomic E-state index is 11.7. The first-order valence-electron chi connectivity index (χ1n) is 5.62. The number of aromatic hydroxyl groups is 1. The Hall–Kier alpha value is -1.55. The van der Waals surface area contributed by atoms with Crippen LogP contribution in [0.1, 0.15) is 26.3 Å². The predicted octanol–water partition coefficient (Wildman–Crippen LogP) is 0.887. The van der Waals surface area contributed by atoms with E-state index in [4.69, 9.17) is 9.84 Å². The quantitative estimate of drug-likeness (QED) is 0.768. The van der Waals surface area contributed by atoms with E-state index in [2.05, 4.69) is 5.73 Å². The number of carbonyl (C=O) groups excluding carboxylic acids is 1. The van der Waals surface area contributed by atoms with Gasteiger partial charge in [0.25, 0.3) is 0 Å². The van der Waals surface area contributed by atoms with Crippen LogP contribution in [0, 0.1) is 0 Å². The van der Waals surface area contributed by atoms with Crippen LogP contribution in [0.25, 0.3) is 0 Å². The number of carbonyl (C=O) groups is 1. The maximum Gasteiger partial charge on any atom is 0.365 e. The maximum absolute atomic E-state index is 11.7. The van der Waals surface area contributed by atoms with Crippen molar-refractivity contribution >= 4 is 5.97 Å². The van der Waals surface area contributed by atoms with Gasteiger partial charge in [-0.2, -0.15) is 0 Å². The third-order valence-corrected chi connectivity index (χ3v) is 2.16. The molecular formula is C13H20NO3+. The molecule has 0 saturated heterocycles. The number of phenols is 1. The Labute approximate surface area is 101 Å². The highest BCUT2D eigenvalue weighted by molar-refractivity contribution is 5.74. The fourth-order valence-corrected chi connectivity index (χ4v) is 1.38. The van der Waals surface area contributed by atoms with E-state index >= 15 is 0 Å². The van der Waals surface area contributed by atoms with Gasteiger partial charge in [0.05, 0.1) is 0 Å². The molecule has 4 nitrogen and oxygen atoms in total. The van der Waals surface area contributed by atoms with Crippen molar-refractivity contribution in [1.82, 2.24) is 0 Å². The monoisotopic (exact) mass is 238 g/mol. The van der Waals surface area contributed by atoms with E-state index in [0.717, 1.165) is 5.56 Å². The third kappa shape index (κ3) is 4.87. The summed E-state index contributed by atoms with van der Waals surface area (Å²) in [6.45, 7) is 5.49. The lowest BCUT2D eigenvalue weighted by atomic mass is 10.1. The Balaban J connectivity index is 2.57. The minimum absolute atomic E-state index is 0.214. The third-order valence-electron chi connectivity index (χ3n) is 2.16. The molecule has 0 unspecified atom stereocenters. The Morgan fingerprint density at radius 3 is 2.35 bits per heavy atom. The Kier molecular flexibility index (Phi) is 4.12. The highest BCUT2D eigenvalue weighted by atomic mass is 16.6. The van der Waals surface area contributed by atoms with Gasteiger partial charge in [0.1, 0.15) is 11.4 Å². The van der Waals surface area contributed by atoms with Gasteiger partial charge in [0, 0.05) is 6.42 Å². The summed E-state index contributed by atoms with van der Waals surface area (Å²) in [4.78, 5) is 11.7. The first-order chi connectivity index (χ1) is 7.78. The van der Waals surface area contributed by atoms with Gasteiger partial charge in [-0.25, -0.2) is 4.79 Å². The second kappa shape index (κ2) is 5.19. The molecule has 0 aliphatic heterocycles. The molecule has 94 valence electrons. The van der Waals surface area contributed by atoms with Gasteiger partial charge < -0.3 is 15.6 Å². The second-order valence-electron chi connectivity index (χ2n) is 5.10. The molecule has 1 aromatic carbocycles. The molecule has 1 rings (SSSR count). The number of phenolic OH excluding ortho intramolecular Hbond substituents is 1. The summed E-state index contributed by atoms with van der Waals surface area (Å²) in [5.74, 6) is -0.0859. The van der Waals surface area contributed by atoms with Crippen LogP contribution >= 0.6 is 0 Å². The standard InChI is InChI=1S/C13H19NO3/c1-13(2,3)17-12(16)11(14)8-9-4-6-10(15)7-5-9/h4-7,11,15H,8,14H2,1-3H3/p+1/t11-/m1/s1. The molecule has 0 fully saturated rings. The average molecular weight is 238 g/mol. The van der Waals surface area contributed by atoms with Gasteiger partial charge >= 0.3 is 5.97 Å². The van der Waals surface area contributed by atoms with Crippen molar-refractivity contribution in [2.45, 2.75) is 38.8 Å². The van der Waals surface area contributed by atoms with E-state index in [1.54, 1.807) is 24.3 Å². The van der Waals surface area contributed by atoms with E-state index in [9.17, 15) is 4.79 Å². The minimum Gasteiger partial charge on any atom is -0.508 e. The molecule has 0 aromatic heterocycles. The van der Waals surface area contributed by atoms with Gasteiger partial charge in [-0.05, 0) is 38.5 Å². The van der Waals surface area contributed by atoms with Crippen molar-refractivity contribution < 1.29 is 20.4 Å². The number of quaternary nitrogens is 1. The molecule has 0 heterocycles. The molecule has 1 atom stereocenters. The van der Waals surface area contributed by atoms with Crippen LogP contribution in [0.2, 0.25) is 0 Å². The van der Waals surface area contributed by atoms with Crippen LogP contribution < -0.4 is 5.73 Å². The molecule has 0 radical (unpaired) electrons. The lowest BCUT2D eigenvalue weighted by molar-refractivity contribution is -0.409. The lowest BCUT2D eigenvalue weighted by Gasteiger charge is -2.20. The zero-order valence-corrected chi connectivity index (χ0v) is 10.6. The molecule has 4 N–H and O–H groups in total. The zero-order valence-electron chi connectivity index (χ0n) is 10.6. The number of esters is 1. The van der Waals surface area contributed by atoms with E-state index < -0.39 is 11.6 Å². The van der Waals surface area contributed by atoms with Crippen LogP contribution in [-0.2, 0) is 16.0 Å². The van der Waals surface area contributed by atoms with Crippen LogP contribution in [0.15, 0.2) is 24.3 Å². The normalized spacial score (nSPS) is 13.2. The summed E-state index contributed by atoms with van der Waals surface area (Å²) >= 11 is 0. The first-order valence-corrected chi connectivity index (χ1v) is 5.62. The smallest absolute Gasteiger partial charge is 0.365 e. The number of hydrogen-bond donors (Lipinski definition) is 2. The van der Waals surface area contributed by atoms with Crippen LogP contribution in [0.4, 0.5) is 0 Å². The van der Waals surface area contributed by atoms with Crippen molar-refractivity contribution in [2.24, 2.45) is 0 Å². The van der Waals surface area contributed by atoms with Gasteiger partial charge in [-0.1, -0.05) is 12.1 Å². The van der Waals surface area contributed by atoms with Gasteiger partial charge in [-0.3, -0.25) is 0 Å². The molecule has 0 amide bonds. The first kappa shape index (κ1) is 13.5. The van der Waals surface area contributed by atoms with E-state index in [0.29, 0.717) is 6.42 Å². The molecule has 17 heavy (non-hydrogen) atoms. The van der Waals surface area contributed by atoms with Crippen molar-refractivity contribution in [2.75, 3.05) is 0 Å². The summed E-state index contributed by atoms with van der Waals surface area (Å²) in [6.07, 6.45) is 0.509. The summed E-state index contributed by atoms with van der Waals surface area (Å²) < 4.78 is 5.24. The number of benzene rings is 1. The van der Waals surface area contributed by atoms with Crippen molar-refractivity contribution in [3.8, 4) is 5.75 Å². The highest BCUT2D eigenvalue weighted by Gasteiger charge is 2.24. The van der Waals surface area contributed by atoms with Gasteiger partial charge in [-0.15, -0.1) is 0 Å². The molecular weight excluding hydrogens is 218 g/mol. The number of ether oxygens (including phenoxy) is 1. The Morgan fingerprint density at radius 2 is 1.88 bits per heavy atom. The minimum atomic E-state index is -0.484. The van der Waals surface area contributed by atoms with Crippen molar-refractivity contribution in [3.05, 3.63) is 29.8 Å². The van der Waals surface area contributed by atoms with E-state index in [1.165, 1.54) is 0 Å². The molecule has 4 heteroatoms. The average Bonchev–Trinajstić information content (AvgIpc) is 2.19. The fraction of sp³-hybridized carbons (Fsp3) is 0.462. The van der Waals surface area contributed by atoms with Crippen molar-refractivity contribution in [1.29, 1.82) is 0 Å². The second-order valence-corrected chi connectivity index (χ2v) is 5.10. The summed E-state index contributed by atoms with van der Waals surface area (Å²) in [6, 6.07) is 6.31. The zero-order chi connectivity index (χ0) is 13.1. The van der Waals surface area contributed by atoms with Crippen molar-refractivity contribution in [3.63, 3.8) is 0 Å². The van der Waals surface area contributed by atoms with E-state index in [-0.39, 0.29) is 11.7 Å². The molecule has 0 aliphatic carbocycles.